The Bertz CT molecular complexity index is 785. The van der Waals surface area contributed by atoms with Crippen molar-refractivity contribution in [1.82, 2.24) is 4.90 Å². The highest BCUT2D eigenvalue weighted by atomic mass is 16.7. The fourth-order valence-electron chi connectivity index (χ4n) is 3.49. The number of benzene rings is 1. The molecule has 0 saturated carbocycles. The Morgan fingerprint density at radius 3 is 2.84 bits per heavy atom. The molecule has 1 fully saturated rings. The third-order valence-electron chi connectivity index (χ3n) is 4.91. The summed E-state index contributed by atoms with van der Waals surface area (Å²) >= 11 is 0. The van der Waals surface area contributed by atoms with Crippen molar-refractivity contribution in [2.45, 2.75) is 31.7 Å². The van der Waals surface area contributed by atoms with Gasteiger partial charge in [-0.05, 0) is 43.2 Å². The molecule has 2 aliphatic heterocycles. The van der Waals surface area contributed by atoms with Gasteiger partial charge in [0, 0.05) is 25.6 Å². The van der Waals surface area contributed by atoms with E-state index < -0.39 is 0 Å². The number of nitrogens with two attached hydrogens (primary N) is 1. The van der Waals surface area contributed by atoms with Gasteiger partial charge < -0.3 is 24.5 Å². The van der Waals surface area contributed by atoms with E-state index in [1.807, 2.05) is 42.2 Å². The van der Waals surface area contributed by atoms with Crippen LogP contribution in [0.2, 0.25) is 0 Å². The van der Waals surface area contributed by atoms with E-state index in [1.165, 1.54) is 0 Å². The van der Waals surface area contributed by atoms with E-state index in [2.05, 4.69) is 0 Å². The lowest BCUT2D eigenvalue weighted by atomic mass is 10.0. The standard InChI is InChI=1S/C19H22N2O4/c1-12-2-5-16(25-12)14-9-21(10-15(14)20)19(22)7-4-13-3-6-17-18(8-13)24-11-23-17/h2-3,5-6,8,14-15H,4,7,9-11,20H2,1H3. The molecule has 2 aliphatic rings. The lowest BCUT2D eigenvalue weighted by Crippen LogP contribution is -2.32. The summed E-state index contributed by atoms with van der Waals surface area (Å²) in [4.78, 5) is 14.4. The van der Waals surface area contributed by atoms with E-state index in [0.717, 1.165) is 28.6 Å². The molecule has 25 heavy (non-hydrogen) atoms. The number of carbonyl (C=O) groups excluding carboxylic acids is 1. The van der Waals surface area contributed by atoms with Crippen LogP contribution >= 0.6 is 0 Å². The molecule has 132 valence electrons. The molecule has 2 N–H and O–H groups in total. The van der Waals surface area contributed by atoms with Crippen LogP contribution in [0.1, 0.15) is 29.4 Å². The van der Waals surface area contributed by atoms with Crippen LogP contribution < -0.4 is 15.2 Å². The van der Waals surface area contributed by atoms with E-state index in [9.17, 15) is 4.79 Å². The first-order valence-electron chi connectivity index (χ1n) is 8.58. The van der Waals surface area contributed by atoms with Crippen LogP contribution in [0.4, 0.5) is 0 Å². The maximum Gasteiger partial charge on any atom is 0.231 e. The van der Waals surface area contributed by atoms with Crippen LogP contribution in [0.15, 0.2) is 34.7 Å². The second kappa shape index (κ2) is 6.44. The molecule has 1 saturated heterocycles. The van der Waals surface area contributed by atoms with E-state index in [1.54, 1.807) is 0 Å². The first-order chi connectivity index (χ1) is 12.1. The fraction of sp³-hybridized carbons (Fsp3) is 0.421. The topological polar surface area (TPSA) is 77.9 Å². The summed E-state index contributed by atoms with van der Waals surface area (Å²) in [7, 11) is 0. The predicted octanol–water partition coefficient (Wildman–Crippen LogP) is 2.20. The minimum Gasteiger partial charge on any atom is -0.466 e. The van der Waals surface area contributed by atoms with Crippen molar-refractivity contribution in [3.05, 3.63) is 47.4 Å². The Balaban J connectivity index is 1.35. The summed E-state index contributed by atoms with van der Waals surface area (Å²) in [5, 5.41) is 0. The third-order valence-corrected chi connectivity index (χ3v) is 4.91. The molecule has 3 heterocycles. The number of aryl methyl sites for hydroxylation is 2. The molecular formula is C19H22N2O4. The zero-order valence-corrected chi connectivity index (χ0v) is 14.2. The van der Waals surface area contributed by atoms with Crippen molar-refractivity contribution in [2.24, 2.45) is 5.73 Å². The van der Waals surface area contributed by atoms with Crippen LogP contribution in [0.5, 0.6) is 11.5 Å². The van der Waals surface area contributed by atoms with Gasteiger partial charge in [0.1, 0.15) is 11.5 Å². The summed E-state index contributed by atoms with van der Waals surface area (Å²) in [6, 6.07) is 9.63. The van der Waals surface area contributed by atoms with Crippen molar-refractivity contribution >= 4 is 5.91 Å². The molecule has 0 aliphatic carbocycles. The van der Waals surface area contributed by atoms with Gasteiger partial charge in [-0.15, -0.1) is 0 Å². The highest BCUT2D eigenvalue weighted by Crippen LogP contribution is 2.33. The predicted molar refractivity (Wildman–Crippen MR) is 91.6 cm³/mol. The Kier molecular flexibility index (Phi) is 4.13. The van der Waals surface area contributed by atoms with Gasteiger partial charge in [-0.3, -0.25) is 4.79 Å². The van der Waals surface area contributed by atoms with Gasteiger partial charge in [-0.1, -0.05) is 6.07 Å². The lowest BCUT2D eigenvalue weighted by Gasteiger charge is -2.16. The minimum atomic E-state index is -0.0833. The molecule has 2 aromatic rings. The smallest absolute Gasteiger partial charge is 0.231 e. The van der Waals surface area contributed by atoms with Gasteiger partial charge in [-0.2, -0.15) is 0 Å². The summed E-state index contributed by atoms with van der Waals surface area (Å²) in [6.45, 7) is 3.37. The van der Waals surface area contributed by atoms with Gasteiger partial charge in [0.2, 0.25) is 12.7 Å². The molecule has 6 heteroatoms. The average molecular weight is 342 g/mol. The zero-order valence-electron chi connectivity index (χ0n) is 14.2. The molecule has 6 nitrogen and oxygen atoms in total. The SMILES string of the molecule is Cc1ccc(C2CN(C(=O)CCc3ccc4c(c3)OCO4)CC2N)o1. The third kappa shape index (κ3) is 3.22. The summed E-state index contributed by atoms with van der Waals surface area (Å²) in [5.41, 5.74) is 7.30. The van der Waals surface area contributed by atoms with Crippen LogP contribution in [-0.4, -0.2) is 36.7 Å². The molecule has 1 aromatic heterocycles. The van der Waals surface area contributed by atoms with Crippen LogP contribution in [-0.2, 0) is 11.2 Å². The number of hydrogen-bond acceptors (Lipinski definition) is 5. The first kappa shape index (κ1) is 16.0. The molecule has 0 radical (unpaired) electrons. The summed E-state index contributed by atoms with van der Waals surface area (Å²) in [5.74, 6) is 3.45. The number of ether oxygens (including phenoxy) is 2. The molecule has 0 spiro atoms. The average Bonchev–Trinajstić information content (AvgIpc) is 3.31. The van der Waals surface area contributed by atoms with Crippen molar-refractivity contribution < 1.29 is 18.7 Å². The number of amides is 1. The Hall–Kier alpha value is -2.47. The number of likely N-dealkylation sites (tertiary alicyclic amines) is 1. The van der Waals surface area contributed by atoms with E-state index in [-0.39, 0.29) is 24.7 Å². The summed E-state index contributed by atoms with van der Waals surface area (Å²) < 4.78 is 16.4. The molecule has 1 amide bonds. The number of nitrogens with zero attached hydrogens (tertiary/aromatic N) is 1. The maximum absolute atomic E-state index is 12.6. The number of carbonyl (C=O) groups is 1. The Morgan fingerprint density at radius 1 is 1.20 bits per heavy atom. The molecular weight excluding hydrogens is 320 g/mol. The van der Waals surface area contributed by atoms with Gasteiger partial charge in [0.05, 0.1) is 5.92 Å². The second-order valence-corrected chi connectivity index (χ2v) is 6.71. The lowest BCUT2D eigenvalue weighted by molar-refractivity contribution is -0.130. The summed E-state index contributed by atoms with van der Waals surface area (Å²) in [6.07, 6.45) is 1.13. The molecule has 2 unspecified atom stereocenters. The van der Waals surface area contributed by atoms with Crippen LogP contribution in [0.25, 0.3) is 0 Å². The van der Waals surface area contributed by atoms with Crippen molar-refractivity contribution in [3.63, 3.8) is 0 Å². The zero-order chi connectivity index (χ0) is 17.4. The number of hydrogen-bond donors (Lipinski definition) is 1. The number of rotatable bonds is 4. The monoisotopic (exact) mass is 342 g/mol. The maximum atomic E-state index is 12.6. The number of furan rings is 1. The second-order valence-electron chi connectivity index (χ2n) is 6.71. The minimum absolute atomic E-state index is 0.0724. The van der Waals surface area contributed by atoms with Crippen molar-refractivity contribution in [1.29, 1.82) is 0 Å². The van der Waals surface area contributed by atoms with Gasteiger partial charge in [-0.25, -0.2) is 0 Å². The largest absolute Gasteiger partial charge is 0.466 e. The van der Waals surface area contributed by atoms with E-state index in [0.29, 0.717) is 25.9 Å². The van der Waals surface area contributed by atoms with Gasteiger partial charge >= 0.3 is 0 Å². The fourth-order valence-corrected chi connectivity index (χ4v) is 3.49. The van der Waals surface area contributed by atoms with E-state index in [4.69, 9.17) is 19.6 Å². The molecule has 2 atom stereocenters. The van der Waals surface area contributed by atoms with Gasteiger partial charge in [0.15, 0.2) is 11.5 Å². The van der Waals surface area contributed by atoms with Crippen molar-refractivity contribution in [2.75, 3.05) is 19.9 Å². The Morgan fingerprint density at radius 2 is 2.04 bits per heavy atom. The quantitative estimate of drug-likeness (QED) is 0.922. The first-order valence-corrected chi connectivity index (χ1v) is 8.58. The molecule has 4 rings (SSSR count). The van der Waals surface area contributed by atoms with Crippen LogP contribution in [0, 0.1) is 6.92 Å². The van der Waals surface area contributed by atoms with Crippen molar-refractivity contribution in [3.8, 4) is 11.5 Å². The van der Waals surface area contributed by atoms with Crippen LogP contribution in [0.3, 0.4) is 0 Å². The Labute approximate surface area is 146 Å². The highest BCUT2D eigenvalue weighted by molar-refractivity contribution is 5.77. The number of fused-ring (bicyclic) bond motifs is 1. The highest BCUT2D eigenvalue weighted by Gasteiger charge is 2.35. The normalized spacial score (nSPS) is 21.8. The molecule has 0 bridgehead atoms. The van der Waals surface area contributed by atoms with Gasteiger partial charge in [0.25, 0.3) is 0 Å². The molecule has 1 aromatic carbocycles. The van der Waals surface area contributed by atoms with E-state index >= 15 is 0 Å².